The number of rotatable bonds is 6. The molecular formula is C28H25ClN2O3. The minimum Gasteiger partial charge on any atom is -0.485 e. The number of para-hydroxylation sites is 1. The number of ether oxygens (including phenoxy) is 1. The second-order valence-corrected chi connectivity index (χ2v) is 8.50. The second-order valence-electron chi connectivity index (χ2n) is 8.07. The Kier molecular flexibility index (Phi) is 7.14. The topological polar surface area (TPSA) is 67.4 Å². The molecule has 5 nitrogen and oxygen atoms in total. The van der Waals surface area contributed by atoms with Crippen LogP contribution in [-0.2, 0) is 4.79 Å². The quantitative estimate of drug-likeness (QED) is 0.452. The van der Waals surface area contributed by atoms with Crippen molar-refractivity contribution in [1.82, 2.24) is 10.6 Å². The Morgan fingerprint density at radius 1 is 0.971 bits per heavy atom. The largest absolute Gasteiger partial charge is 0.485 e. The summed E-state index contributed by atoms with van der Waals surface area (Å²) in [4.78, 5) is 26.2. The number of nitrogens with one attached hydrogen (secondary N) is 2. The Labute approximate surface area is 204 Å². The molecule has 0 radical (unpaired) electrons. The molecule has 2 atom stereocenters. The molecular weight excluding hydrogens is 448 g/mol. The zero-order chi connectivity index (χ0) is 24.1. The summed E-state index contributed by atoms with van der Waals surface area (Å²) >= 11 is 5.95. The maximum Gasteiger partial charge on any atom is 0.268 e. The summed E-state index contributed by atoms with van der Waals surface area (Å²) in [5.74, 6) is -0.0255. The van der Waals surface area contributed by atoms with Gasteiger partial charge in [-0.1, -0.05) is 60.1 Å². The number of hydrogen-bond acceptors (Lipinski definition) is 3. The predicted molar refractivity (Wildman–Crippen MR) is 135 cm³/mol. The first-order valence-electron chi connectivity index (χ1n) is 11.0. The fourth-order valence-corrected chi connectivity index (χ4v) is 3.77. The van der Waals surface area contributed by atoms with Crippen molar-refractivity contribution in [3.63, 3.8) is 0 Å². The van der Waals surface area contributed by atoms with Crippen LogP contribution in [0.2, 0.25) is 5.02 Å². The molecule has 0 aromatic heterocycles. The van der Waals surface area contributed by atoms with E-state index in [2.05, 4.69) is 10.6 Å². The third-order valence-electron chi connectivity index (χ3n) is 5.57. The van der Waals surface area contributed by atoms with Gasteiger partial charge in [0.2, 0.25) is 0 Å². The van der Waals surface area contributed by atoms with Crippen molar-refractivity contribution in [2.45, 2.75) is 26.0 Å². The van der Waals surface area contributed by atoms with Gasteiger partial charge in [0.1, 0.15) is 17.6 Å². The van der Waals surface area contributed by atoms with Gasteiger partial charge in [-0.2, -0.15) is 0 Å². The minimum atomic E-state index is -0.407. The highest BCUT2D eigenvalue weighted by Gasteiger charge is 2.22. The van der Waals surface area contributed by atoms with E-state index < -0.39 is 11.8 Å². The summed E-state index contributed by atoms with van der Waals surface area (Å²) in [6, 6.07) is 23.6. The van der Waals surface area contributed by atoms with Gasteiger partial charge in [0.25, 0.3) is 11.8 Å². The highest BCUT2D eigenvalue weighted by Crippen LogP contribution is 2.30. The molecule has 2 amide bonds. The lowest BCUT2D eigenvalue weighted by atomic mass is 10.0. The fourth-order valence-electron chi connectivity index (χ4n) is 3.64. The zero-order valence-corrected chi connectivity index (χ0v) is 19.7. The van der Waals surface area contributed by atoms with E-state index in [1.165, 1.54) is 0 Å². The van der Waals surface area contributed by atoms with Gasteiger partial charge in [-0.05, 0) is 67.5 Å². The lowest BCUT2D eigenvalue weighted by Crippen LogP contribution is -2.36. The summed E-state index contributed by atoms with van der Waals surface area (Å²) < 4.78 is 6.01. The maximum atomic E-state index is 13.3. The summed E-state index contributed by atoms with van der Waals surface area (Å²) in [7, 11) is 0. The van der Waals surface area contributed by atoms with Gasteiger partial charge < -0.3 is 15.4 Å². The van der Waals surface area contributed by atoms with Gasteiger partial charge in [0.05, 0.1) is 6.04 Å². The zero-order valence-electron chi connectivity index (χ0n) is 18.9. The molecule has 6 heteroatoms. The van der Waals surface area contributed by atoms with E-state index in [-0.39, 0.29) is 17.8 Å². The van der Waals surface area contributed by atoms with E-state index in [1.807, 2.05) is 74.5 Å². The van der Waals surface area contributed by atoms with Crippen LogP contribution in [0.5, 0.6) is 5.75 Å². The Hall–Kier alpha value is -3.83. The van der Waals surface area contributed by atoms with Gasteiger partial charge in [-0.25, -0.2) is 0 Å². The smallest absolute Gasteiger partial charge is 0.268 e. The number of carbonyl (C=O) groups is 2. The average molecular weight is 473 g/mol. The molecule has 3 aromatic carbocycles. The van der Waals surface area contributed by atoms with Crippen LogP contribution in [0.1, 0.15) is 41.4 Å². The minimum absolute atomic E-state index is 0.129. The summed E-state index contributed by atoms with van der Waals surface area (Å²) in [5.41, 5.74) is 3.16. The van der Waals surface area contributed by atoms with Crippen molar-refractivity contribution in [1.29, 1.82) is 0 Å². The van der Waals surface area contributed by atoms with Crippen LogP contribution in [0.3, 0.4) is 0 Å². The fraction of sp³-hybridized carbons (Fsp3) is 0.143. The van der Waals surface area contributed by atoms with Gasteiger partial charge in [0, 0.05) is 16.1 Å². The molecule has 0 saturated carbocycles. The van der Waals surface area contributed by atoms with Crippen LogP contribution >= 0.6 is 11.6 Å². The number of benzene rings is 3. The Morgan fingerprint density at radius 3 is 2.38 bits per heavy atom. The van der Waals surface area contributed by atoms with E-state index in [0.29, 0.717) is 10.6 Å². The lowest BCUT2D eigenvalue weighted by Gasteiger charge is -2.24. The SMILES string of the molecule is CC1Oc2ccccc2C=C1C=C(NC(=O)c1ccc(Cl)cc1)C(=O)NC(C)c1ccccc1. The third-order valence-corrected chi connectivity index (χ3v) is 5.82. The van der Waals surface area contributed by atoms with E-state index >= 15 is 0 Å². The molecule has 0 fully saturated rings. The van der Waals surface area contributed by atoms with Gasteiger partial charge >= 0.3 is 0 Å². The number of halogens is 1. The summed E-state index contributed by atoms with van der Waals surface area (Å²) in [6.45, 7) is 3.80. The van der Waals surface area contributed by atoms with Crippen molar-refractivity contribution in [3.8, 4) is 5.75 Å². The van der Waals surface area contributed by atoms with Crippen LogP contribution in [0.4, 0.5) is 0 Å². The molecule has 4 rings (SSSR count). The van der Waals surface area contributed by atoms with Gasteiger partial charge in [-0.15, -0.1) is 0 Å². The molecule has 34 heavy (non-hydrogen) atoms. The van der Waals surface area contributed by atoms with Crippen LogP contribution in [0.25, 0.3) is 6.08 Å². The van der Waals surface area contributed by atoms with Crippen molar-refractivity contribution >= 4 is 29.5 Å². The first kappa shape index (κ1) is 23.3. The molecule has 172 valence electrons. The van der Waals surface area contributed by atoms with Crippen molar-refractivity contribution in [2.24, 2.45) is 0 Å². The second kappa shape index (κ2) is 10.4. The molecule has 3 aromatic rings. The molecule has 0 saturated heterocycles. The normalized spacial score (nSPS) is 15.9. The van der Waals surface area contributed by atoms with E-state index in [1.54, 1.807) is 30.3 Å². The third kappa shape index (κ3) is 5.56. The summed E-state index contributed by atoms with van der Waals surface area (Å²) in [5, 5.41) is 6.27. The van der Waals surface area contributed by atoms with Gasteiger partial charge in [-0.3, -0.25) is 9.59 Å². The van der Waals surface area contributed by atoms with Crippen LogP contribution in [0, 0.1) is 0 Å². The molecule has 1 aliphatic heterocycles. The molecule has 0 bridgehead atoms. The number of fused-ring (bicyclic) bond motifs is 1. The van der Waals surface area contributed by atoms with Crippen LogP contribution < -0.4 is 15.4 Å². The standard InChI is InChI=1S/C28H25ClN2O3/c1-18(20-8-4-3-5-9-20)30-28(33)25(31-27(32)21-12-14-24(29)15-13-21)17-23-16-22-10-6-7-11-26(22)34-19(23)2/h3-19H,1-2H3,(H,30,33)(H,31,32). The van der Waals surface area contributed by atoms with Crippen molar-refractivity contribution in [3.05, 3.63) is 118 Å². The van der Waals surface area contributed by atoms with E-state index in [4.69, 9.17) is 16.3 Å². The molecule has 1 heterocycles. The molecule has 0 aliphatic carbocycles. The number of hydrogen-bond donors (Lipinski definition) is 2. The van der Waals surface area contributed by atoms with Crippen LogP contribution in [0.15, 0.2) is 96.2 Å². The molecule has 2 N–H and O–H groups in total. The molecule has 2 unspecified atom stereocenters. The van der Waals surface area contributed by atoms with Crippen LogP contribution in [-0.4, -0.2) is 17.9 Å². The van der Waals surface area contributed by atoms with Crippen molar-refractivity contribution in [2.75, 3.05) is 0 Å². The van der Waals surface area contributed by atoms with E-state index in [0.717, 1.165) is 22.4 Å². The van der Waals surface area contributed by atoms with E-state index in [9.17, 15) is 9.59 Å². The van der Waals surface area contributed by atoms with Gasteiger partial charge in [0.15, 0.2) is 0 Å². The lowest BCUT2D eigenvalue weighted by molar-refractivity contribution is -0.118. The summed E-state index contributed by atoms with van der Waals surface area (Å²) in [6.07, 6.45) is 3.34. The predicted octanol–water partition coefficient (Wildman–Crippen LogP) is 5.70. The highest BCUT2D eigenvalue weighted by atomic mass is 35.5. The Balaban J connectivity index is 1.64. The average Bonchev–Trinajstić information content (AvgIpc) is 2.84. The monoisotopic (exact) mass is 472 g/mol. The first-order valence-corrected chi connectivity index (χ1v) is 11.4. The Morgan fingerprint density at radius 2 is 1.65 bits per heavy atom. The maximum absolute atomic E-state index is 13.3. The Bertz CT molecular complexity index is 1250. The first-order chi connectivity index (χ1) is 16.4. The highest BCUT2D eigenvalue weighted by molar-refractivity contribution is 6.30. The number of amides is 2. The molecule has 1 aliphatic rings. The van der Waals surface area contributed by atoms with Crippen molar-refractivity contribution < 1.29 is 14.3 Å². The number of carbonyl (C=O) groups excluding carboxylic acids is 2. The molecule has 0 spiro atoms.